The van der Waals surface area contributed by atoms with E-state index in [1.54, 1.807) is 0 Å². The summed E-state index contributed by atoms with van der Waals surface area (Å²) in [5.41, 5.74) is 7.25. The predicted octanol–water partition coefficient (Wildman–Crippen LogP) is 8.34. The molecule has 0 saturated carbocycles. The van der Waals surface area contributed by atoms with Crippen LogP contribution in [-0.2, 0) is 6.42 Å². The van der Waals surface area contributed by atoms with Gasteiger partial charge in [-0.1, -0.05) is 75.5 Å². The number of nitrogens with zero attached hydrogens (tertiary/aromatic N) is 2. The fourth-order valence-electron chi connectivity index (χ4n) is 5.21. The highest BCUT2D eigenvalue weighted by Crippen LogP contribution is 2.40. The van der Waals surface area contributed by atoms with Crippen molar-refractivity contribution >= 4 is 43.1 Å². The van der Waals surface area contributed by atoms with Crippen molar-refractivity contribution in [3.05, 3.63) is 59.8 Å². The van der Waals surface area contributed by atoms with Gasteiger partial charge in [-0.05, 0) is 80.2 Å². The van der Waals surface area contributed by atoms with Crippen LogP contribution in [0.3, 0.4) is 0 Å². The van der Waals surface area contributed by atoms with Crippen molar-refractivity contribution in [1.82, 2.24) is 14.3 Å². The molecule has 0 aliphatic heterocycles. The van der Waals surface area contributed by atoms with Crippen LogP contribution in [0.15, 0.2) is 53.6 Å². The summed E-state index contributed by atoms with van der Waals surface area (Å²) >= 11 is 0. The fraction of sp³-hybridized carbons (Fsp3) is 0.387. The Balaban J connectivity index is 1.87. The summed E-state index contributed by atoms with van der Waals surface area (Å²) in [6.45, 7) is 6.73. The van der Waals surface area contributed by atoms with E-state index < -0.39 is 9.39 Å². The quantitative estimate of drug-likeness (QED) is 0.228. The molecule has 4 heteroatoms. The molecule has 0 amide bonds. The molecule has 2 heterocycles. The standard InChI is InChI=1S/C31H41N3S/c1-8-11-23(12-9-2)15-16-24-17-18-27(25-13-10-14-26(20-25)35(6,7)34(4)5)29-28-19-22(3)21-32-31(28)33-30(24)29/h10,13-14,17-21,23H,6-9,11-12,15-16H2,1-5H3,(H,32,33). The Hall–Kier alpha value is -2.56. The molecule has 1 N–H and O–H groups in total. The number of aryl methyl sites for hydroxylation is 2. The van der Waals surface area contributed by atoms with E-state index in [9.17, 15) is 0 Å². The zero-order valence-electron chi connectivity index (χ0n) is 22.2. The SMILES string of the molecule is C=S(=C)(c1cccc(-c2ccc(CCC(CCC)CCC)c3[nH]c4ncc(C)cc4c23)c1)N(C)C. The van der Waals surface area contributed by atoms with Gasteiger partial charge in [0.25, 0.3) is 0 Å². The van der Waals surface area contributed by atoms with Crippen molar-refractivity contribution < 1.29 is 0 Å². The van der Waals surface area contributed by atoms with Gasteiger partial charge in [0, 0.05) is 21.9 Å². The summed E-state index contributed by atoms with van der Waals surface area (Å²) in [5.74, 6) is 9.71. The van der Waals surface area contributed by atoms with Crippen molar-refractivity contribution in [2.24, 2.45) is 5.92 Å². The molecule has 0 saturated heterocycles. The minimum Gasteiger partial charge on any atom is -0.339 e. The lowest BCUT2D eigenvalue weighted by molar-refractivity contribution is 0.412. The number of aromatic nitrogens is 2. The third kappa shape index (κ3) is 5.19. The van der Waals surface area contributed by atoms with E-state index in [4.69, 9.17) is 4.98 Å². The molecule has 4 rings (SSSR count). The van der Waals surface area contributed by atoms with Gasteiger partial charge in [-0.25, -0.2) is 4.98 Å². The average molecular weight is 488 g/mol. The minimum atomic E-state index is -1.52. The summed E-state index contributed by atoms with van der Waals surface area (Å²) in [7, 11) is 2.61. The van der Waals surface area contributed by atoms with Gasteiger partial charge in [0.1, 0.15) is 5.65 Å². The molecule has 0 aliphatic rings. The van der Waals surface area contributed by atoms with Crippen LogP contribution in [0, 0.1) is 12.8 Å². The first-order valence-corrected chi connectivity index (χ1v) is 14.9. The van der Waals surface area contributed by atoms with Crippen LogP contribution in [0.2, 0.25) is 0 Å². The van der Waals surface area contributed by atoms with Crippen molar-refractivity contribution in [3.63, 3.8) is 0 Å². The number of H-pyrrole nitrogens is 1. The van der Waals surface area contributed by atoms with Crippen molar-refractivity contribution in [2.45, 2.75) is 64.2 Å². The molecule has 0 spiro atoms. The third-order valence-corrected chi connectivity index (χ3v) is 9.86. The Morgan fingerprint density at radius 1 is 1.00 bits per heavy atom. The molecule has 35 heavy (non-hydrogen) atoms. The lowest BCUT2D eigenvalue weighted by Gasteiger charge is -2.23. The zero-order valence-corrected chi connectivity index (χ0v) is 23.0. The maximum absolute atomic E-state index is 4.75. The summed E-state index contributed by atoms with van der Waals surface area (Å²) in [6.07, 6.45) is 9.46. The number of hydrogen-bond donors (Lipinski definition) is 1. The maximum Gasteiger partial charge on any atom is 0.138 e. The molecule has 0 atom stereocenters. The van der Waals surface area contributed by atoms with Gasteiger partial charge >= 0.3 is 0 Å². The molecule has 4 aromatic rings. The number of fused-ring (bicyclic) bond motifs is 3. The molecule has 0 aliphatic carbocycles. The Labute approximate surface area is 212 Å². The summed E-state index contributed by atoms with van der Waals surface area (Å²) in [6, 6.07) is 15.7. The largest absolute Gasteiger partial charge is 0.339 e. The van der Waals surface area contributed by atoms with Gasteiger partial charge in [-0.2, -0.15) is 0 Å². The van der Waals surface area contributed by atoms with Crippen molar-refractivity contribution in [3.8, 4) is 11.1 Å². The number of benzene rings is 2. The van der Waals surface area contributed by atoms with Crippen molar-refractivity contribution in [1.29, 1.82) is 0 Å². The van der Waals surface area contributed by atoms with Crippen LogP contribution in [0.25, 0.3) is 33.1 Å². The number of rotatable bonds is 10. The Morgan fingerprint density at radius 2 is 1.74 bits per heavy atom. The number of hydrogen-bond acceptors (Lipinski definition) is 2. The Bertz CT molecular complexity index is 1420. The smallest absolute Gasteiger partial charge is 0.138 e. The van der Waals surface area contributed by atoms with Gasteiger partial charge < -0.3 is 4.98 Å². The van der Waals surface area contributed by atoms with E-state index in [0.29, 0.717) is 0 Å². The van der Waals surface area contributed by atoms with E-state index in [2.05, 4.69) is 98.4 Å². The highest BCUT2D eigenvalue weighted by Gasteiger charge is 2.17. The maximum atomic E-state index is 4.75. The lowest BCUT2D eigenvalue weighted by Crippen LogP contribution is -2.07. The van der Waals surface area contributed by atoms with Crippen LogP contribution in [0.1, 0.15) is 57.1 Å². The molecule has 0 radical (unpaired) electrons. The first-order chi connectivity index (χ1) is 16.8. The Morgan fingerprint density at radius 3 is 2.43 bits per heavy atom. The molecule has 0 bridgehead atoms. The van der Waals surface area contributed by atoms with Crippen LogP contribution >= 0.6 is 9.39 Å². The van der Waals surface area contributed by atoms with Crippen LogP contribution in [-0.4, -0.2) is 40.1 Å². The van der Waals surface area contributed by atoms with Crippen LogP contribution < -0.4 is 0 Å². The number of aromatic amines is 1. The molecule has 186 valence electrons. The minimum absolute atomic E-state index is 0.803. The number of pyridine rings is 1. The van der Waals surface area contributed by atoms with Gasteiger partial charge in [-0.15, -0.1) is 9.39 Å². The molecule has 0 fully saturated rings. The van der Waals surface area contributed by atoms with Crippen molar-refractivity contribution in [2.75, 3.05) is 14.1 Å². The molecule has 3 nitrogen and oxygen atoms in total. The topological polar surface area (TPSA) is 31.9 Å². The van der Waals surface area contributed by atoms with Crippen LogP contribution in [0.4, 0.5) is 0 Å². The van der Waals surface area contributed by atoms with Gasteiger partial charge in [-0.3, -0.25) is 4.31 Å². The van der Waals surface area contributed by atoms with E-state index >= 15 is 0 Å². The highest BCUT2D eigenvalue weighted by atomic mass is 32.2. The zero-order chi connectivity index (χ0) is 25.2. The summed E-state index contributed by atoms with van der Waals surface area (Å²) < 4.78 is 2.15. The molecule has 2 aromatic carbocycles. The number of nitrogens with one attached hydrogen (secondary N) is 1. The van der Waals surface area contributed by atoms with E-state index in [-0.39, 0.29) is 0 Å². The molecular weight excluding hydrogens is 446 g/mol. The normalized spacial score (nSPS) is 12.4. The molecule has 0 unspecified atom stereocenters. The monoisotopic (exact) mass is 487 g/mol. The molecule has 2 aromatic heterocycles. The van der Waals surface area contributed by atoms with E-state index in [1.165, 1.54) is 75.5 Å². The Kier molecular flexibility index (Phi) is 7.73. The average Bonchev–Trinajstić information content (AvgIpc) is 3.21. The summed E-state index contributed by atoms with van der Waals surface area (Å²) in [4.78, 5) is 9.63. The van der Waals surface area contributed by atoms with E-state index in [0.717, 1.165) is 18.0 Å². The lowest BCUT2D eigenvalue weighted by atomic mass is 9.90. The molecular formula is C31H41N3S. The van der Waals surface area contributed by atoms with Gasteiger partial charge in [0.05, 0.1) is 5.52 Å². The van der Waals surface area contributed by atoms with E-state index in [1.807, 2.05) is 6.20 Å². The fourth-order valence-corrected chi connectivity index (χ4v) is 6.31. The second-order valence-corrected chi connectivity index (χ2v) is 13.1. The van der Waals surface area contributed by atoms with Crippen LogP contribution in [0.5, 0.6) is 0 Å². The van der Waals surface area contributed by atoms with Gasteiger partial charge in [0.2, 0.25) is 0 Å². The van der Waals surface area contributed by atoms with Gasteiger partial charge in [0.15, 0.2) is 0 Å². The first-order valence-electron chi connectivity index (χ1n) is 12.9. The summed E-state index contributed by atoms with van der Waals surface area (Å²) in [5, 5.41) is 2.49. The highest BCUT2D eigenvalue weighted by molar-refractivity contribution is 8.25. The second-order valence-electron chi connectivity index (χ2n) is 10.2. The third-order valence-electron chi connectivity index (χ3n) is 7.33. The predicted molar refractivity (Wildman–Crippen MR) is 159 cm³/mol. The second kappa shape index (κ2) is 10.6. The first kappa shape index (κ1) is 25.5.